The number of nitrogens with one attached hydrogen (secondary N) is 2. The Labute approximate surface area is 211 Å². The minimum absolute atomic E-state index is 0.0781. The molecule has 0 spiro atoms. The van der Waals surface area contributed by atoms with Gasteiger partial charge in [-0.05, 0) is 67.0 Å². The van der Waals surface area contributed by atoms with Crippen molar-refractivity contribution < 1.29 is 14.3 Å². The fourth-order valence-electron chi connectivity index (χ4n) is 3.71. The summed E-state index contributed by atoms with van der Waals surface area (Å²) >= 11 is 11.3. The molecule has 0 aliphatic carbocycles. The molecule has 0 radical (unpaired) electrons. The summed E-state index contributed by atoms with van der Waals surface area (Å²) in [6.45, 7) is 6.79. The summed E-state index contributed by atoms with van der Waals surface area (Å²) in [5, 5.41) is 6.57. The number of ether oxygens (including phenoxy) is 1. The predicted molar refractivity (Wildman–Crippen MR) is 141 cm³/mol. The molecule has 2 N–H and O–H groups in total. The van der Waals surface area contributed by atoms with Gasteiger partial charge in [-0.3, -0.25) is 9.59 Å². The van der Waals surface area contributed by atoms with Crippen LogP contribution < -0.4 is 20.3 Å². The Morgan fingerprint density at radius 2 is 1.76 bits per heavy atom. The number of thiocarbonyl (C=S) groups is 1. The summed E-state index contributed by atoms with van der Waals surface area (Å²) in [7, 11) is 1.55. The third-order valence-electron chi connectivity index (χ3n) is 5.65. The molecule has 1 saturated heterocycles. The molecule has 1 heterocycles. The standard InChI is InChI=1S/C25H31ClN4O3S/c1-17(2)4-11-23(31)28-25(34)27-19-6-8-20(9-7-19)29-12-14-30(15-13-29)24(32)21-16-18(26)5-10-22(21)33-3/h5-10,16-17H,4,11-15H2,1-3H3,(H2,27,28,31,34). The van der Waals surface area contributed by atoms with E-state index >= 15 is 0 Å². The summed E-state index contributed by atoms with van der Waals surface area (Å²) in [6.07, 6.45) is 1.28. The number of piperazine rings is 1. The topological polar surface area (TPSA) is 73.9 Å². The van der Waals surface area contributed by atoms with Crippen LogP contribution in [-0.2, 0) is 4.79 Å². The lowest BCUT2D eigenvalue weighted by Crippen LogP contribution is -2.48. The van der Waals surface area contributed by atoms with Crippen molar-refractivity contribution >= 4 is 52.1 Å². The van der Waals surface area contributed by atoms with Crippen molar-refractivity contribution in [2.24, 2.45) is 5.92 Å². The van der Waals surface area contributed by atoms with Crippen molar-refractivity contribution in [2.45, 2.75) is 26.7 Å². The minimum Gasteiger partial charge on any atom is -0.496 e. The second kappa shape index (κ2) is 12.0. The molecule has 7 nitrogen and oxygen atoms in total. The van der Waals surface area contributed by atoms with Gasteiger partial charge in [0.05, 0.1) is 12.7 Å². The van der Waals surface area contributed by atoms with E-state index in [2.05, 4.69) is 29.4 Å². The van der Waals surface area contributed by atoms with Gasteiger partial charge in [-0.1, -0.05) is 25.4 Å². The second-order valence-electron chi connectivity index (χ2n) is 8.61. The Morgan fingerprint density at radius 3 is 2.38 bits per heavy atom. The van der Waals surface area contributed by atoms with Crippen LogP contribution in [0.3, 0.4) is 0 Å². The van der Waals surface area contributed by atoms with Gasteiger partial charge in [0.15, 0.2) is 5.11 Å². The van der Waals surface area contributed by atoms with E-state index in [0.29, 0.717) is 60.0 Å². The molecule has 1 fully saturated rings. The van der Waals surface area contributed by atoms with Crippen molar-refractivity contribution in [3.05, 3.63) is 53.1 Å². The van der Waals surface area contributed by atoms with Crippen LogP contribution in [0.25, 0.3) is 0 Å². The quantitative estimate of drug-likeness (QED) is 0.541. The first-order valence-electron chi connectivity index (χ1n) is 11.4. The predicted octanol–water partition coefficient (Wildman–Crippen LogP) is 4.56. The van der Waals surface area contributed by atoms with Crippen LogP contribution in [0.1, 0.15) is 37.0 Å². The number of hydrogen-bond donors (Lipinski definition) is 2. The molecule has 34 heavy (non-hydrogen) atoms. The number of benzene rings is 2. The van der Waals surface area contributed by atoms with E-state index in [0.717, 1.165) is 17.8 Å². The maximum Gasteiger partial charge on any atom is 0.257 e. The van der Waals surface area contributed by atoms with Gasteiger partial charge >= 0.3 is 0 Å². The molecular weight excluding hydrogens is 472 g/mol. The molecule has 0 aromatic heterocycles. The van der Waals surface area contributed by atoms with Crippen molar-refractivity contribution in [2.75, 3.05) is 43.5 Å². The highest BCUT2D eigenvalue weighted by atomic mass is 35.5. The van der Waals surface area contributed by atoms with Gasteiger partial charge in [-0.15, -0.1) is 0 Å². The molecule has 3 rings (SSSR count). The Bertz CT molecular complexity index is 1020. The van der Waals surface area contributed by atoms with Gasteiger partial charge in [0.25, 0.3) is 5.91 Å². The fraction of sp³-hybridized carbons (Fsp3) is 0.400. The largest absolute Gasteiger partial charge is 0.496 e. The van der Waals surface area contributed by atoms with Gasteiger partial charge in [0.1, 0.15) is 5.75 Å². The first kappa shape index (κ1) is 25.8. The van der Waals surface area contributed by atoms with E-state index in [4.69, 9.17) is 28.6 Å². The Kier molecular flexibility index (Phi) is 9.12. The van der Waals surface area contributed by atoms with E-state index in [1.165, 1.54) is 0 Å². The third-order valence-corrected chi connectivity index (χ3v) is 6.09. The van der Waals surface area contributed by atoms with E-state index in [1.807, 2.05) is 29.2 Å². The molecule has 1 aliphatic heterocycles. The zero-order valence-corrected chi connectivity index (χ0v) is 21.3. The summed E-state index contributed by atoms with van der Waals surface area (Å²) < 4.78 is 5.33. The molecule has 9 heteroatoms. The Morgan fingerprint density at radius 1 is 1.09 bits per heavy atom. The Hall–Kier alpha value is -2.84. The fourth-order valence-corrected chi connectivity index (χ4v) is 4.12. The van der Waals surface area contributed by atoms with Gasteiger partial charge < -0.3 is 25.2 Å². The maximum absolute atomic E-state index is 13.0. The monoisotopic (exact) mass is 502 g/mol. The molecule has 0 unspecified atom stereocenters. The second-order valence-corrected chi connectivity index (χ2v) is 9.45. The molecular formula is C25H31ClN4O3S. The smallest absolute Gasteiger partial charge is 0.257 e. The van der Waals surface area contributed by atoms with Crippen LogP contribution in [0.5, 0.6) is 5.75 Å². The van der Waals surface area contributed by atoms with Gasteiger partial charge in [0.2, 0.25) is 5.91 Å². The average Bonchev–Trinajstić information content (AvgIpc) is 2.83. The van der Waals surface area contributed by atoms with E-state index in [-0.39, 0.29) is 11.8 Å². The molecule has 0 saturated carbocycles. The highest BCUT2D eigenvalue weighted by Crippen LogP contribution is 2.25. The van der Waals surface area contributed by atoms with E-state index in [9.17, 15) is 9.59 Å². The van der Waals surface area contributed by atoms with Crippen LogP contribution in [-0.4, -0.2) is 55.1 Å². The lowest BCUT2D eigenvalue weighted by Gasteiger charge is -2.36. The molecule has 0 bridgehead atoms. The van der Waals surface area contributed by atoms with Crippen LogP contribution in [0, 0.1) is 5.92 Å². The highest BCUT2D eigenvalue weighted by molar-refractivity contribution is 7.80. The van der Waals surface area contributed by atoms with Gasteiger partial charge in [-0.25, -0.2) is 0 Å². The number of amides is 2. The van der Waals surface area contributed by atoms with Crippen molar-refractivity contribution in [3.8, 4) is 5.75 Å². The number of nitrogens with zero attached hydrogens (tertiary/aromatic N) is 2. The lowest BCUT2D eigenvalue weighted by atomic mass is 10.1. The van der Waals surface area contributed by atoms with Crippen LogP contribution in [0.4, 0.5) is 11.4 Å². The SMILES string of the molecule is COc1ccc(Cl)cc1C(=O)N1CCN(c2ccc(NC(=S)NC(=O)CCC(C)C)cc2)CC1. The van der Waals surface area contributed by atoms with Crippen molar-refractivity contribution in [1.82, 2.24) is 10.2 Å². The normalized spacial score (nSPS) is 13.6. The molecule has 2 aromatic rings. The zero-order valence-electron chi connectivity index (χ0n) is 19.8. The van der Waals surface area contributed by atoms with E-state index < -0.39 is 0 Å². The summed E-state index contributed by atoms with van der Waals surface area (Å²) in [6, 6.07) is 12.9. The summed E-state index contributed by atoms with van der Waals surface area (Å²) in [5.74, 6) is 0.835. The number of methoxy groups -OCH3 is 1. The first-order chi connectivity index (χ1) is 16.3. The summed E-state index contributed by atoms with van der Waals surface area (Å²) in [4.78, 5) is 29.0. The van der Waals surface area contributed by atoms with Crippen LogP contribution in [0.15, 0.2) is 42.5 Å². The zero-order chi connectivity index (χ0) is 24.7. The van der Waals surface area contributed by atoms with Gasteiger partial charge in [-0.2, -0.15) is 0 Å². The lowest BCUT2D eigenvalue weighted by molar-refractivity contribution is -0.119. The number of halogens is 1. The number of rotatable bonds is 7. The molecule has 2 amide bonds. The third kappa shape index (κ3) is 7.08. The average molecular weight is 503 g/mol. The maximum atomic E-state index is 13.0. The molecule has 1 aliphatic rings. The first-order valence-corrected chi connectivity index (χ1v) is 12.1. The van der Waals surface area contributed by atoms with E-state index in [1.54, 1.807) is 25.3 Å². The summed E-state index contributed by atoms with van der Waals surface area (Å²) in [5.41, 5.74) is 2.34. The number of carbonyl (C=O) groups is 2. The number of carbonyl (C=O) groups excluding carboxylic acids is 2. The number of anilines is 2. The molecule has 0 atom stereocenters. The van der Waals surface area contributed by atoms with Crippen LogP contribution >= 0.6 is 23.8 Å². The highest BCUT2D eigenvalue weighted by Gasteiger charge is 2.24. The molecule has 2 aromatic carbocycles. The van der Waals surface area contributed by atoms with Crippen molar-refractivity contribution in [1.29, 1.82) is 0 Å². The van der Waals surface area contributed by atoms with Gasteiger partial charge in [0, 0.05) is 49.0 Å². The van der Waals surface area contributed by atoms with Crippen molar-refractivity contribution in [3.63, 3.8) is 0 Å². The minimum atomic E-state index is -0.0810. The van der Waals surface area contributed by atoms with Crippen LogP contribution in [0.2, 0.25) is 5.02 Å². The Balaban J connectivity index is 1.51. The molecule has 182 valence electrons. The number of hydrogen-bond acceptors (Lipinski definition) is 5.